The van der Waals surface area contributed by atoms with Gasteiger partial charge in [-0.2, -0.15) is 13.2 Å². The number of carbonyl (C=O) groups excluding carboxylic acids is 1. The molecule has 0 aliphatic heterocycles. The summed E-state index contributed by atoms with van der Waals surface area (Å²) in [6, 6.07) is 6.84. The van der Waals surface area contributed by atoms with Gasteiger partial charge in [0.2, 0.25) is 10.0 Å². The van der Waals surface area contributed by atoms with Crippen molar-refractivity contribution in [2.75, 3.05) is 17.6 Å². The van der Waals surface area contributed by atoms with E-state index in [0.29, 0.717) is 12.5 Å². The maximum atomic E-state index is 12.9. The average Bonchev–Trinajstić information content (AvgIpc) is 2.70. The smallest absolute Gasteiger partial charge is 0.416 e. The molecule has 13 heteroatoms. The SMILES string of the molecule is CCCS(=O)(=O)NCc1cc(NS(=O)(=O)c2cccc(C(F)(F)F)c2)cc(C(=O)OC)c1. The Balaban J connectivity index is 2.40. The molecule has 2 aromatic carbocycles. The Bertz CT molecular complexity index is 1200. The summed E-state index contributed by atoms with van der Waals surface area (Å²) in [6.07, 6.45) is -4.36. The molecule has 2 aromatic rings. The Morgan fingerprint density at radius 3 is 2.34 bits per heavy atom. The molecule has 0 spiro atoms. The quantitative estimate of drug-likeness (QED) is 0.517. The maximum absolute atomic E-state index is 12.9. The van der Waals surface area contributed by atoms with Crippen molar-refractivity contribution < 1.29 is 39.5 Å². The zero-order valence-corrected chi connectivity index (χ0v) is 18.7. The van der Waals surface area contributed by atoms with Gasteiger partial charge >= 0.3 is 12.1 Å². The Morgan fingerprint density at radius 2 is 1.75 bits per heavy atom. The van der Waals surface area contributed by atoms with Crippen LogP contribution in [-0.2, 0) is 37.5 Å². The lowest BCUT2D eigenvalue weighted by molar-refractivity contribution is -0.137. The van der Waals surface area contributed by atoms with E-state index in [9.17, 15) is 34.8 Å². The highest BCUT2D eigenvalue weighted by atomic mass is 32.2. The summed E-state index contributed by atoms with van der Waals surface area (Å²) in [5, 5.41) is 0. The molecular weight excluding hydrogens is 473 g/mol. The molecule has 0 aromatic heterocycles. The van der Waals surface area contributed by atoms with Gasteiger partial charge in [-0.1, -0.05) is 13.0 Å². The van der Waals surface area contributed by atoms with E-state index in [1.54, 1.807) is 6.92 Å². The molecule has 0 unspecified atom stereocenters. The normalized spacial score (nSPS) is 12.4. The lowest BCUT2D eigenvalue weighted by Gasteiger charge is -2.13. The monoisotopic (exact) mass is 494 g/mol. The van der Waals surface area contributed by atoms with Crippen molar-refractivity contribution in [1.82, 2.24) is 4.72 Å². The Kier molecular flexibility index (Phi) is 7.91. The molecule has 2 N–H and O–H groups in total. The molecule has 0 heterocycles. The minimum atomic E-state index is -4.74. The minimum Gasteiger partial charge on any atom is -0.465 e. The predicted octanol–water partition coefficient (Wildman–Crippen LogP) is 3.12. The Hall–Kier alpha value is -2.64. The van der Waals surface area contributed by atoms with Crippen LogP contribution in [0.1, 0.15) is 34.8 Å². The van der Waals surface area contributed by atoms with E-state index in [2.05, 4.69) is 14.2 Å². The standard InChI is InChI=1S/C19H21F3N2O6S2/c1-3-7-31(26,27)23-12-13-8-14(18(25)30-2)10-16(9-13)24-32(28,29)17-6-4-5-15(11-17)19(20,21)22/h4-6,8-11,23-24H,3,7,12H2,1-2H3. The molecule has 8 nitrogen and oxygen atoms in total. The lowest BCUT2D eigenvalue weighted by atomic mass is 10.1. The third-order valence-corrected chi connectivity index (χ3v) is 7.02. The minimum absolute atomic E-state index is 0.0820. The zero-order chi connectivity index (χ0) is 24.2. The molecule has 0 fully saturated rings. The Morgan fingerprint density at radius 1 is 1.06 bits per heavy atom. The average molecular weight is 495 g/mol. The summed E-state index contributed by atoms with van der Waals surface area (Å²) < 4.78 is 96.9. The van der Waals surface area contributed by atoms with Gasteiger partial charge < -0.3 is 4.74 Å². The van der Waals surface area contributed by atoms with Gasteiger partial charge in [-0.15, -0.1) is 0 Å². The van der Waals surface area contributed by atoms with Crippen molar-refractivity contribution in [2.24, 2.45) is 0 Å². The van der Waals surface area contributed by atoms with E-state index in [-0.39, 0.29) is 29.1 Å². The van der Waals surface area contributed by atoms with E-state index >= 15 is 0 Å². The predicted molar refractivity (Wildman–Crippen MR) is 111 cm³/mol. The second kappa shape index (κ2) is 9.88. The number of esters is 1. The van der Waals surface area contributed by atoms with Gasteiger partial charge in [0, 0.05) is 12.2 Å². The van der Waals surface area contributed by atoms with Crippen molar-refractivity contribution in [3.8, 4) is 0 Å². The van der Waals surface area contributed by atoms with Crippen LogP contribution in [0.15, 0.2) is 47.4 Å². The third-order valence-electron chi connectivity index (χ3n) is 4.11. The van der Waals surface area contributed by atoms with Crippen LogP contribution in [0.5, 0.6) is 0 Å². The van der Waals surface area contributed by atoms with Crippen molar-refractivity contribution in [3.63, 3.8) is 0 Å². The number of alkyl halides is 3. The molecule has 0 aliphatic carbocycles. The maximum Gasteiger partial charge on any atom is 0.416 e. The molecule has 0 saturated heterocycles. The van der Waals surface area contributed by atoms with Gasteiger partial charge in [0.05, 0.1) is 28.9 Å². The Labute approximate surface area is 183 Å². The van der Waals surface area contributed by atoms with Crippen LogP contribution >= 0.6 is 0 Å². The van der Waals surface area contributed by atoms with Gasteiger partial charge in [0.1, 0.15) is 0 Å². The van der Waals surface area contributed by atoms with E-state index in [1.807, 2.05) is 0 Å². The van der Waals surface area contributed by atoms with Gasteiger partial charge in [-0.25, -0.2) is 26.4 Å². The van der Waals surface area contributed by atoms with Gasteiger partial charge in [0.15, 0.2) is 0 Å². The summed E-state index contributed by atoms with van der Waals surface area (Å²) in [5.74, 6) is -0.943. The van der Waals surface area contributed by atoms with E-state index in [4.69, 9.17) is 0 Å². The van der Waals surface area contributed by atoms with Gasteiger partial charge in [-0.3, -0.25) is 4.72 Å². The number of sulfonamides is 2. The van der Waals surface area contributed by atoms with Gasteiger partial charge in [0.25, 0.3) is 10.0 Å². The second-order valence-electron chi connectivity index (χ2n) is 6.68. The molecule has 0 atom stereocenters. The highest BCUT2D eigenvalue weighted by Gasteiger charge is 2.31. The fourth-order valence-corrected chi connectivity index (χ4v) is 4.83. The van der Waals surface area contributed by atoms with Crippen LogP contribution in [0.25, 0.3) is 0 Å². The fraction of sp³-hybridized carbons (Fsp3) is 0.316. The fourth-order valence-electron chi connectivity index (χ4n) is 2.68. The van der Waals surface area contributed by atoms with Crippen molar-refractivity contribution >= 4 is 31.7 Å². The number of hydrogen-bond acceptors (Lipinski definition) is 6. The third kappa shape index (κ3) is 6.93. The van der Waals surface area contributed by atoms with Crippen LogP contribution < -0.4 is 9.44 Å². The number of halogens is 3. The first-order valence-corrected chi connectivity index (χ1v) is 12.3. The van der Waals surface area contributed by atoms with Crippen LogP contribution in [-0.4, -0.2) is 35.7 Å². The van der Waals surface area contributed by atoms with Crippen molar-refractivity contribution in [2.45, 2.75) is 31.0 Å². The van der Waals surface area contributed by atoms with Crippen molar-refractivity contribution in [1.29, 1.82) is 0 Å². The first-order chi connectivity index (χ1) is 14.8. The molecule has 2 rings (SSSR count). The molecular formula is C19H21F3N2O6S2. The summed E-state index contributed by atoms with van der Waals surface area (Å²) in [7, 11) is -6.94. The molecule has 0 amide bonds. The molecule has 0 bridgehead atoms. The largest absolute Gasteiger partial charge is 0.465 e. The van der Waals surface area contributed by atoms with Crippen LogP contribution in [0.4, 0.5) is 18.9 Å². The number of rotatable bonds is 9. The number of anilines is 1. The molecule has 0 radical (unpaired) electrons. The molecule has 176 valence electrons. The first kappa shape index (κ1) is 25.6. The van der Waals surface area contributed by atoms with E-state index < -0.39 is 42.7 Å². The molecule has 32 heavy (non-hydrogen) atoms. The second-order valence-corrected chi connectivity index (χ2v) is 10.3. The van der Waals surface area contributed by atoms with Crippen molar-refractivity contribution in [3.05, 3.63) is 59.2 Å². The summed E-state index contributed by atoms with van der Waals surface area (Å²) in [6.45, 7) is 1.43. The molecule has 0 aliphatic rings. The van der Waals surface area contributed by atoms with E-state index in [0.717, 1.165) is 31.4 Å². The number of methoxy groups -OCH3 is 1. The highest BCUT2D eigenvalue weighted by molar-refractivity contribution is 7.92. The van der Waals surface area contributed by atoms with E-state index in [1.165, 1.54) is 12.1 Å². The van der Waals surface area contributed by atoms with Crippen LogP contribution in [0.3, 0.4) is 0 Å². The van der Waals surface area contributed by atoms with Crippen LogP contribution in [0.2, 0.25) is 0 Å². The zero-order valence-electron chi connectivity index (χ0n) is 17.1. The number of benzene rings is 2. The topological polar surface area (TPSA) is 119 Å². The summed E-state index contributed by atoms with van der Waals surface area (Å²) in [5.41, 5.74) is -1.15. The first-order valence-electron chi connectivity index (χ1n) is 9.17. The number of carbonyl (C=O) groups is 1. The summed E-state index contributed by atoms with van der Waals surface area (Å²) >= 11 is 0. The molecule has 0 saturated carbocycles. The summed E-state index contributed by atoms with van der Waals surface area (Å²) in [4.78, 5) is 11.3. The van der Waals surface area contributed by atoms with Crippen LogP contribution in [0, 0.1) is 0 Å². The number of hydrogen-bond donors (Lipinski definition) is 2. The van der Waals surface area contributed by atoms with Gasteiger partial charge in [-0.05, 0) is 48.4 Å². The highest BCUT2D eigenvalue weighted by Crippen LogP contribution is 2.31. The lowest BCUT2D eigenvalue weighted by Crippen LogP contribution is -2.26. The number of nitrogens with one attached hydrogen (secondary N) is 2. The number of ether oxygens (including phenoxy) is 1.